The van der Waals surface area contributed by atoms with Crippen LogP contribution in [0.5, 0.6) is 5.75 Å². The molecule has 1 aromatic heterocycles. The Morgan fingerprint density at radius 3 is 2.67 bits per heavy atom. The Hall–Kier alpha value is -4.29. The van der Waals surface area contributed by atoms with Crippen molar-refractivity contribution < 1.29 is 23.9 Å². The van der Waals surface area contributed by atoms with Crippen LogP contribution in [0.1, 0.15) is 44.9 Å². The fourth-order valence-electron chi connectivity index (χ4n) is 5.16. The maximum Gasteiger partial charge on any atom is 0.338 e. The van der Waals surface area contributed by atoms with Crippen LogP contribution in [0, 0.1) is 10.1 Å². The molecular weight excluding hydrogens is 560 g/mol. The number of allylic oxidation sites excluding steroid dienone is 1. The van der Waals surface area contributed by atoms with E-state index < -0.39 is 16.9 Å². The van der Waals surface area contributed by atoms with Gasteiger partial charge in [0, 0.05) is 42.0 Å². The van der Waals surface area contributed by atoms with Gasteiger partial charge in [0.25, 0.3) is 11.2 Å². The molecule has 0 saturated carbocycles. The number of benzene rings is 2. The molecule has 0 spiro atoms. The van der Waals surface area contributed by atoms with Gasteiger partial charge in [-0.3, -0.25) is 19.5 Å². The standard InChI is InChI=1S/C30H32N4O7S/c1-5-40-29(36)26-19(4)31-30-33(27(26)22-8-6-7-9-24(22)41-18(2)3)28(35)25(42-30)17-20-16-21(34(37)38)10-11-23(20)32-12-14-39-15-13-32/h6-11,16-18,27H,5,12-15H2,1-4H3/b25-17+/t27-/m0/s1. The summed E-state index contributed by atoms with van der Waals surface area (Å²) in [5.41, 5.74) is 2.17. The number of nitro benzene ring substituents is 1. The van der Waals surface area contributed by atoms with Crippen molar-refractivity contribution >= 4 is 34.8 Å². The summed E-state index contributed by atoms with van der Waals surface area (Å²) >= 11 is 1.16. The van der Waals surface area contributed by atoms with Gasteiger partial charge in [0.15, 0.2) is 4.80 Å². The molecule has 1 fully saturated rings. The summed E-state index contributed by atoms with van der Waals surface area (Å²) in [6.07, 6.45) is 1.52. The Kier molecular flexibility index (Phi) is 8.55. The molecule has 3 heterocycles. The molecule has 0 N–H and O–H groups in total. The summed E-state index contributed by atoms with van der Waals surface area (Å²) < 4.78 is 18.8. The van der Waals surface area contributed by atoms with Gasteiger partial charge in [0.05, 0.1) is 46.7 Å². The summed E-state index contributed by atoms with van der Waals surface area (Å²) in [5, 5.41) is 11.6. The molecule has 0 radical (unpaired) electrons. The number of nitro groups is 1. The SMILES string of the molecule is CCOC(=O)C1=C(C)N=c2s/c(=C/c3cc([N+](=O)[O-])ccc3N3CCOCC3)c(=O)n2[C@H]1c1ccccc1OC(C)C. The zero-order valence-electron chi connectivity index (χ0n) is 23.9. The lowest BCUT2D eigenvalue weighted by molar-refractivity contribution is -0.384. The molecule has 0 aliphatic carbocycles. The van der Waals surface area contributed by atoms with E-state index in [1.807, 2.05) is 32.0 Å². The van der Waals surface area contributed by atoms with Gasteiger partial charge >= 0.3 is 5.97 Å². The third-order valence-electron chi connectivity index (χ3n) is 6.95. The molecule has 11 nitrogen and oxygen atoms in total. The number of ether oxygens (including phenoxy) is 3. The third-order valence-corrected chi connectivity index (χ3v) is 7.94. The van der Waals surface area contributed by atoms with Crippen LogP contribution in [0.15, 0.2) is 63.5 Å². The molecule has 0 bridgehead atoms. The van der Waals surface area contributed by atoms with Gasteiger partial charge in [-0.05, 0) is 45.9 Å². The number of anilines is 1. The Balaban J connectivity index is 1.74. The number of thiazole rings is 1. The maximum atomic E-state index is 14.2. The predicted octanol–water partition coefficient (Wildman–Crippen LogP) is 3.33. The van der Waals surface area contributed by atoms with Crippen molar-refractivity contribution in [2.45, 2.75) is 39.8 Å². The quantitative estimate of drug-likeness (QED) is 0.222. The van der Waals surface area contributed by atoms with E-state index in [0.717, 1.165) is 17.0 Å². The molecule has 12 heteroatoms. The first-order chi connectivity index (χ1) is 20.2. The van der Waals surface area contributed by atoms with Crippen LogP contribution >= 0.6 is 11.3 Å². The molecule has 0 amide bonds. The number of para-hydroxylation sites is 1. The van der Waals surface area contributed by atoms with Crippen LogP contribution in [-0.2, 0) is 14.3 Å². The van der Waals surface area contributed by atoms with Gasteiger partial charge in [-0.15, -0.1) is 0 Å². The van der Waals surface area contributed by atoms with E-state index in [4.69, 9.17) is 14.2 Å². The maximum absolute atomic E-state index is 14.2. The Morgan fingerprint density at radius 1 is 1.24 bits per heavy atom. The number of aromatic nitrogens is 1. The summed E-state index contributed by atoms with van der Waals surface area (Å²) in [7, 11) is 0. The first-order valence-electron chi connectivity index (χ1n) is 13.8. The average molecular weight is 593 g/mol. The van der Waals surface area contributed by atoms with Crippen LogP contribution < -0.4 is 24.5 Å². The number of nitrogens with zero attached hydrogens (tertiary/aromatic N) is 4. The van der Waals surface area contributed by atoms with Crippen LogP contribution in [0.4, 0.5) is 11.4 Å². The number of carbonyl (C=O) groups is 1. The second kappa shape index (κ2) is 12.3. The normalized spacial score (nSPS) is 17.2. The highest BCUT2D eigenvalue weighted by molar-refractivity contribution is 7.07. The van der Waals surface area contributed by atoms with E-state index >= 15 is 0 Å². The molecule has 2 aliphatic heterocycles. The molecule has 1 atom stereocenters. The third kappa shape index (κ3) is 5.72. The molecule has 5 rings (SSSR count). The number of non-ortho nitro benzene ring substituents is 1. The molecule has 3 aromatic rings. The molecule has 220 valence electrons. The molecule has 1 saturated heterocycles. The minimum absolute atomic E-state index is 0.0795. The Bertz CT molecular complexity index is 1730. The minimum atomic E-state index is -0.846. The van der Waals surface area contributed by atoms with Gasteiger partial charge < -0.3 is 19.1 Å². The Morgan fingerprint density at radius 2 is 1.98 bits per heavy atom. The second-order valence-electron chi connectivity index (χ2n) is 10.1. The number of morpholine rings is 1. The highest BCUT2D eigenvalue weighted by Gasteiger charge is 2.35. The van der Waals surface area contributed by atoms with E-state index in [2.05, 4.69) is 9.89 Å². The Labute approximate surface area is 246 Å². The zero-order chi connectivity index (χ0) is 30.0. The smallest absolute Gasteiger partial charge is 0.338 e. The van der Waals surface area contributed by atoms with E-state index in [9.17, 15) is 19.7 Å². The molecule has 42 heavy (non-hydrogen) atoms. The summed E-state index contributed by atoms with van der Waals surface area (Å²) in [5.74, 6) is -0.0254. The van der Waals surface area contributed by atoms with E-state index in [0.29, 0.717) is 58.2 Å². The monoisotopic (exact) mass is 592 g/mol. The largest absolute Gasteiger partial charge is 0.491 e. The summed E-state index contributed by atoms with van der Waals surface area (Å²) in [6, 6.07) is 11.1. The fraction of sp³-hybridized carbons (Fsp3) is 0.367. The van der Waals surface area contributed by atoms with Crippen LogP contribution in [0.25, 0.3) is 6.08 Å². The number of hydrogen-bond donors (Lipinski definition) is 0. The summed E-state index contributed by atoms with van der Waals surface area (Å²) in [6.45, 7) is 9.72. The van der Waals surface area contributed by atoms with Crippen LogP contribution in [0.3, 0.4) is 0 Å². The second-order valence-corrected chi connectivity index (χ2v) is 11.1. The highest BCUT2D eigenvalue weighted by atomic mass is 32.1. The van der Waals surface area contributed by atoms with Crippen molar-refractivity contribution in [2.24, 2.45) is 4.99 Å². The molecular formula is C30H32N4O7S. The first kappa shape index (κ1) is 29.2. The number of esters is 1. The van der Waals surface area contributed by atoms with Gasteiger partial charge in [0.2, 0.25) is 0 Å². The number of hydrogen-bond acceptors (Lipinski definition) is 10. The predicted molar refractivity (Wildman–Crippen MR) is 159 cm³/mol. The fourth-order valence-corrected chi connectivity index (χ4v) is 6.20. The number of carbonyl (C=O) groups excluding carboxylic acids is 1. The van der Waals surface area contributed by atoms with Crippen molar-refractivity contribution in [1.82, 2.24) is 4.57 Å². The molecule has 2 aliphatic rings. The lowest BCUT2D eigenvalue weighted by Gasteiger charge is -2.30. The van der Waals surface area contributed by atoms with Gasteiger partial charge in [-0.25, -0.2) is 9.79 Å². The van der Waals surface area contributed by atoms with Crippen molar-refractivity contribution in [1.29, 1.82) is 0 Å². The number of fused-ring (bicyclic) bond motifs is 1. The summed E-state index contributed by atoms with van der Waals surface area (Å²) in [4.78, 5) is 45.8. The van der Waals surface area contributed by atoms with Gasteiger partial charge in [0.1, 0.15) is 11.8 Å². The van der Waals surface area contributed by atoms with Crippen molar-refractivity contribution in [3.63, 3.8) is 0 Å². The van der Waals surface area contributed by atoms with E-state index in [1.165, 1.54) is 16.7 Å². The van der Waals surface area contributed by atoms with Crippen LogP contribution in [-0.4, -0.2) is 54.5 Å². The molecule has 0 unspecified atom stereocenters. The molecule has 2 aromatic carbocycles. The van der Waals surface area contributed by atoms with Crippen molar-refractivity contribution in [3.05, 3.63) is 94.7 Å². The minimum Gasteiger partial charge on any atom is -0.491 e. The zero-order valence-corrected chi connectivity index (χ0v) is 24.7. The van der Waals surface area contributed by atoms with Gasteiger partial charge in [-0.2, -0.15) is 0 Å². The van der Waals surface area contributed by atoms with Gasteiger partial charge in [-0.1, -0.05) is 29.5 Å². The lowest BCUT2D eigenvalue weighted by atomic mass is 9.95. The first-order valence-corrected chi connectivity index (χ1v) is 14.6. The topological polar surface area (TPSA) is 126 Å². The average Bonchev–Trinajstić information content (AvgIpc) is 3.26. The van der Waals surface area contributed by atoms with Crippen molar-refractivity contribution in [3.8, 4) is 5.75 Å². The van der Waals surface area contributed by atoms with Crippen molar-refractivity contribution in [2.75, 3.05) is 37.8 Å². The van der Waals surface area contributed by atoms with E-state index in [-0.39, 0.29) is 29.5 Å². The lowest BCUT2D eigenvalue weighted by Crippen LogP contribution is -2.40. The number of rotatable bonds is 8. The highest BCUT2D eigenvalue weighted by Crippen LogP contribution is 2.36. The van der Waals surface area contributed by atoms with Crippen LogP contribution in [0.2, 0.25) is 0 Å². The van der Waals surface area contributed by atoms with E-state index in [1.54, 1.807) is 32.1 Å².